The molecule has 0 aliphatic carbocycles. The molecular formula is C24H22N2O3. The lowest BCUT2D eigenvalue weighted by Gasteiger charge is -2.17. The van der Waals surface area contributed by atoms with E-state index in [1.165, 1.54) is 0 Å². The van der Waals surface area contributed by atoms with Crippen LogP contribution in [0, 0.1) is 0 Å². The molecule has 146 valence electrons. The van der Waals surface area contributed by atoms with Crippen LogP contribution in [0.25, 0.3) is 11.1 Å². The van der Waals surface area contributed by atoms with Crippen LogP contribution < -0.4 is 15.0 Å². The van der Waals surface area contributed by atoms with Crippen LogP contribution in [0.1, 0.15) is 16.8 Å². The molecule has 1 aliphatic heterocycles. The van der Waals surface area contributed by atoms with E-state index in [0.29, 0.717) is 18.5 Å². The minimum atomic E-state index is -0.217. The highest BCUT2D eigenvalue weighted by Gasteiger charge is 2.31. The number of anilines is 1. The third-order valence-electron chi connectivity index (χ3n) is 5.10. The molecule has 4 rings (SSSR count). The first-order valence-electron chi connectivity index (χ1n) is 9.55. The molecule has 1 heterocycles. The summed E-state index contributed by atoms with van der Waals surface area (Å²) >= 11 is 0. The average molecular weight is 386 g/mol. The second kappa shape index (κ2) is 8.19. The molecule has 0 bridgehead atoms. The second-order valence-corrected chi connectivity index (χ2v) is 7.02. The number of nitrogens with zero attached hydrogens (tertiary/aromatic N) is 1. The van der Waals surface area contributed by atoms with Gasteiger partial charge in [-0.2, -0.15) is 0 Å². The first kappa shape index (κ1) is 18.7. The van der Waals surface area contributed by atoms with E-state index in [4.69, 9.17) is 4.74 Å². The molecule has 1 aliphatic rings. The highest BCUT2D eigenvalue weighted by Crippen LogP contribution is 2.24. The summed E-state index contributed by atoms with van der Waals surface area (Å²) in [5, 5.41) is 2.98. The molecular weight excluding hydrogens is 364 g/mol. The molecule has 0 radical (unpaired) electrons. The lowest BCUT2D eigenvalue weighted by Crippen LogP contribution is -2.37. The van der Waals surface area contributed by atoms with Gasteiger partial charge >= 0.3 is 0 Å². The Morgan fingerprint density at radius 1 is 0.931 bits per heavy atom. The number of carbonyl (C=O) groups is 2. The van der Waals surface area contributed by atoms with Gasteiger partial charge in [-0.15, -0.1) is 0 Å². The summed E-state index contributed by atoms with van der Waals surface area (Å²) in [5.74, 6) is 0.572. The van der Waals surface area contributed by atoms with E-state index in [-0.39, 0.29) is 17.9 Å². The van der Waals surface area contributed by atoms with E-state index in [2.05, 4.69) is 5.32 Å². The average Bonchev–Trinajstić information content (AvgIpc) is 3.14. The molecule has 1 N–H and O–H groups in total. The fourth-order valence-electron chi connectivity index (χ4n) is 3.53. The van der Waals surface area contributed by atoms with Gasteiger partial charge in [-0.3, -0.25) is 9.59 Å². The van der Waals surface area contributed by atoms with Crippen molar-refractivity contribution in [3.05, 3.63) is 84.4 Å². The molecule has 5 nitrogen and oxygen atoms in total. The fourth-order valence-corrected chi connectivity index (χ4v) is 3.53. The third-order valence-corrected chi connectivity index (χ3v) is 5.10. The Bertz CT molecular complexity index is 999. The molecule has 0 saturated carbocycles. The van der Waals surface area contributed by atoms with Gasteiger partial charge in [0.25, 0.3) is 5.91 Å². The molecule has 5 heteroatoms. The molecule has 1 atom stereocenters. The van der Waals surface area contributed by atoms with Crippen molar-refractivity contribution in [2.24, 2.45) is 0 Å². The molecule has 2 amide bonds. The van der Waals surface area contributed by atoms with E-state index in [1.807, 2.05) is 78.9 Å². The van der Waals surface area contributed by atoms with Crippen molar-refractivity contribution in [3.63, 3.8) is 0 Å². The molecule has 3 aromatic carbocycles. The van der Waals surface area contributed by atoms with Crippen LogP contribution in [0.3, 0.4) is 0 Å². The van der Waals surface area contributed by atoms with Gasteiger partial charge in [0.2, 0.25) is 5.91 Å². The number of methoxy groups -OCH3 is 1. The van der Waals surface area contributed by atoms with E-state index < -0.39 is 0 Å². The largest absolute Gasteiger partial charge is 0.497 e. The zero-order valence-corrected chi connectivity index (χ0v) is 16.2. The van der Waals surface area contributed by atoms with Gasteiger partial charge in [0.15, 0.2) is 0 Å². The van der Waals surface area contributed by atoms with E-state index in [1.54, 1.807) is 12.0 Å². The Hall–Kier alpha value is -3.60. The van der Waals surface area contributed by atoms with Crippen LogP contribution in [-0.2, 0) is 4.79 Å². The number of carbonyl (C=O) groups excluding carboxylic acids is 2. The topological polar surface area (TPSA) is 58.6 Å². The van der Waals surface area contributed by atoms with E-state index in [0.717, 1.165) is 22.6 Å². The summed E-state index contributed by atoms with van der Waals surface area (Å²) in [6.07, 6.45) is 0.292. The lowest BCUT2D eigenvalue weighted by molar-refractivity contribution is -0.117. The van der Waals surface area contributed by atoms with Gasteiger partial charge in [-0.25, -0.2) is 0 Å². The van der Waals surface area contributed by atoms with Crippen molar-refractivity contribution in [2.45, 2.75) is 12.5 Å². The summed E-state index contributed by atoms with van der Waals surface area (Å²) in [7, 11) is 1.61. The van der Waals surface area contributed by atoms with Gasteiger partial charge in [0.05, 0.1) is 13.2 Å². The normalized spacial score (nSPS) is 16.0. The van der Waals surface area contributed by atoms with Crippen molar-refractivity contribution in [1.82, 2.24) is 5.32 Å². The van der Waals surface area contributed by atoms with Gasteiger partial charge in [-0.05, 0) is 47.5 Å². The predicted octanol–water partition coefficient (Wildman–Crippen LogP) is 3.90. The van der Waals surface area contributed by atoms with Gasteiger partial charge in [0.1, 0.15) is 5.75 Å². The van der Waals surface area contributed by atoms with Crippen LogP contribution in [0.5, 0.6) is 5.75 Å². The fraction of sp³-hybridized carbons (Fsp3) is 0.167. The number of hydrogen-bond donors (Lipinski definition) is 1. The summed E-state index contributed by atoms with van der Waals surface area (Å²) in [6, 6.07) is 24.7. The van der Waals surface area contributed by atoms with Crippen molar-refractivity contribution in [1.29, 1.82) is 0 Å². The highest BCUT2D eigenvalue weighted by atomic mass is 16.5. The molecule has 0 aromatic heterocycles. The molecule has 0 spiro atoms. The smallest absolute Gasteiger partial charge is 0.251 e. The molecule has 29 heavy (non-hydrogen) atoms. The first-order valence-corrected chi connectivity index (χ1v) is 9.55. The van der Waals surface area contributed by atoms with Crippen LogP contribution in [0.4, 0.5) is 5.69 Å². The maximum atomic E-state index is 12.6. The van der Waals surface area contributed by atoms with Crippen molar-refractivity contribution >= 4 is 17.5 Å². The zero-order valence-electron chi connectivity index (χ0n) is 16.2. The van der Waals surface area contributed by atoms with Gasteiger partial charge in [0, 0.05) is 24.2 Å². The number of amides is 2. The SMILES string of the molecule is COc1ccc(N2C[C@@H](NC(=O)c3ccc(-c4ccccc4)cc3)CC2=O)cc1. The predicted molar refractivity (Wildman–Crippen MR) is 113 cm³/mol. The van der Waals surface area contributed by atoms with E-state index in [9.17, 15) is 9.59 Å². The van der Waals surface area contributed by atoms with Crippen molar-refractivity contribution < 1.29 is 14.3 Å². The Morgan fingerprint density at radius 2 is 1.59 bits per heavy atom. The van der Waals surface area contributed by atoms with Crippen LogP contribution in [-0.4, -0.2) is 31.5 Å². The number of ether oxygens (including phenoxy) is 1. The maximum absolute atomic E-state index is 12.6. The monoisotopic (exact) mass is 386 g/mol. The Morgan fingerprint density at radius 3 is 2.24 bits per heavy atom. The number of nitrogens with one attached hydrogen (secondary N) is 1. The molecule has 1 saturated heterocycles. The maximum Gasteiger partial charge on any atom is 0.251 e. The molecule has 3 aromatic rings. The highest BCUT2D eigenvalue weighted by molar-refractivity contribution is 5.99. The van der Waals surface area contributed by atoms with Crippen LogP contribution in [0.2, 0.25) is 0 Å². The Labute approximate surface area is 169 Å². The lowest BCUT2D eigenvalue weighted by atomic mass is 10.0. The summed E-state index contributed by atoms with van der Waals surface area (Å²) in [4.78, 5) is 26.7. The summed E-state index contributed by atoms with van der Waals surface area (Å²) in [5.41, 5.74) is 3.56. The minimum absolute atomic E-state index is 0.0000997. The van der Waals surface area contributed by atoms with Crippen LogP contribution in [0.15, 0.2) is 78.9 Å². The minimum Gasteiger partial charge on any atom is -0.497 e. The standard InChI is InChI=1S/C24H22N2O3/c1-29-22-13-11-21(12-14-22)26-16-20(15-23(26)27)25-24(28)19-9-7-18(8-10-19)17-5-3-2-4-6-17/h2-14,20H,15-16H2,1H3,(H,25,28)/t20-/m0/s1. The second-order valence-electron chi connectivity index (χ2n) is 7.02. The number of benzene rings is 3. The molecule has 0 unspecified atom stereocenters. The van der Waals surface area contributed by atoms with Crippen molar-refractivity contribution in [2.75, 3.05) is 18.6 Å². The quantitative estimate of drug-likeness (QED) is 0.724. The Kier molecular flexibility index (Phi) is 5.29. The zero-order chi connectivity index (χ0) is 20.2. The first-order chi connectivity index (χ1) is 14.1. The molecule has 1 fully saturated rings. The third kappa shape index (κ3) is 4.14. The number of rotatable bonds is 5. The van der Waals surface area contributed by atoms with Crippen LogP contribution >= 0.6 is 0 Å². The summed E-state index contributed by atoms with van der Waals surface area (Å²) < 4.78 is 5.16. The van der Waals surface area contributed by atoms with Gasteiger partial charge < -0.3 is 15.0 Å². The Balaban J connectivity index is 1.40. The van der Waals surface area contributed by atoms with Crippen molar-refractivity contribution in [3.8, 4) is 16.9 Å². The van der Waals surface area contributed by atoms with Gasteiger partial charge in [-0.1, -0.05) is 42.5 Å². The van der Waals surface area contributed by atoms with E-state index >= 15 is 0 Å². The summed E-state index contributed by atoms with van der Waals surface area (Å²) in [6.45, 7) is 0.457. The number of hydrogen-bond acceptors (Lipinski definition) is 3.